The molecule has 0 unspecified atom stereocenters. The number of rotatable bonds is 9. The lowest BCUT2D eigenvalue weighted by Crippen LogP contribution is -2.14. The summed E-state index contributed by atoms with van der Waals surface area (Å²) in [6, 6.07) is 15.8. The van der Waals surface area contributed by atoms with Gasteiger partial charge in [0.05, 0.1) is 52.9 Å². The lowest BCUT2D eigenvalue weighted by Gasteiger charge is -2.23. The Kier molecular flexibility index (Phi) is 7.67. The van der Waals surface area contributed by atoms with E-state index >= 15 is 0 Å². The smallest absolute Gasteiger partial charge is 0.306 e. The lowest BCUT2D eigenvalue weighted by molar-refractivity contribution is -0.140. The standard InChI is InChI=1S/C29H28O8/c1-32-18-8-6-17(7-9-18)23-16-37-29-21(28(23)31)12-13-24(34-3)27(29)22(15-26(30)36-5)20-11-10-19(33-2)14-25(20)35-4/h6-14,16,22H,15H2,1-5H3/t22-/m0/s1. The van der Waals surface area contributed by atoms with Crippen LogP contribution in [0.5, 0.6) is 23.0 Å². The lowest BCUT2D eigenvalue weighted by atomic mass is 9.85. The van der Waals surface area contributed by atoms with Gasteiger partial charge in [0.1, 0.15) is 34.8 Å². The third kappa shape index (κ3) is 4.95. The summed E-state index contributed by atoms with van der Waals surface area (Å²) in [5.41, 5.74) is 2.41. The number of hydrogen-bond acceptors (Lipinski definition) is 8. The van der Waals surface area contributed by atoms with Crippen molar-refractivity contribution in [3.8, 4) is 34.1 Å². The van der Waals surface area contributed by atoms with Gasteiger partial charge in [0.25, 0.3) is 0 Å². The second-order valence-electron chi connectivity index (χ2n) is 8.21. The summed E-state index contributed by atoms with van der Waals surface area (Å²) in [5, 5.41) is 0.353. The molecule has 0 saturated carbocycles. The van der Waals surface area contributed by atoms with Gasteiger partial charge in [-0.15, -0.1) is 0 Å². The zero-order valence-corrected chi connectivity index (χ0v) is 21.3. The van der Waals surface area contributed by atoms with Crippen molar-refractivity contribution < 1.29 is 32.9 Å². The van der Waals surface area contributed by atoms with E-state index in [1.807, 2.05) is 6.07 Å². The van der Waals surface area contributed by atoms with Crippen LogP contribution in [0.4, 0.5) is 0 Å². The number of fused-ring (bicyclic) bond motifs is 1. The maximum atomic E-state index is 13.6. The van der Waals surface area contributed by atoms with E-state index in [2.05, 4.69) is 0 Å². The molecule has 0 aliphatic rings. The van der Waals surface area contributed by atoms with Gasteiger partial charge in [0, 0.05) is 23.1 Å². The highest BCUT2D eigenvalue weighted by atomic mass is 16.5. The molecule has 1 atom stereocenters. The van der Waals surface area contributed by atoms with Gasteiger partial charge in [-0.05, 0) is 35.9 Å². The predicted octanol–water partition coefficient (Wildman–Crippen LogP) is 5.19. The monoisotopic (exact) mass is 504 g/mol. The van der Waals surface area contributed by atoms with Gasteiger partial charge in [-0.3, -0.25) is 9.59 Å². The number of ether oxygens (including phenoxy) is 5. The van der Waals surface area contributed by atoms with E-state index in [9.17, 15) is 9.59 Å². The fourth-order valence-electron chi connectivity index (χ4n) is 4.41. The van der Waals surface area contributed by atoms with Crippen molar-refractivity contribution in [3.63, 3.8) is 0 Å². The Morgan fingerprint density at radius 1 is 0.811 bits per heavy atom. The molecule has 0 aliphatic carbocycles. The van der Waals surface area contributed by atoms with Crippen molar-refractivity contribution in [3.05, 3.63) is 82.2 Å². The highest BCUT2D eigenvalue weighted by molar-refractivity contribution is 5.87. The van der Waals surface area contributed by atoms with Crippen molar-refractivity contribution >= 4 is 16.9 Å². The third-order valence-electron chi connectivity index (χ3n) is 6.32. The SMILES string of the molecule is COC(=O)C[C@@H](c1ccc(OC)cc1OC)c1c(OC)ccc2c(=O)c(-c3ccc(OC)cc3)coc12. The summed E-state index contributed by atoms with van der Waals surface area (Å²) < 4.78 is 33.0. The largest absolute Gasteiger partial charge is 0.497 e. The van der Waals surface area contributed by atoms with Crippen molar-refractivity contribution in [2.75, 3.05) is 35.5 Å². The van der Waals surface area contributed by atoms with Gasteiger partial charge >= 0.3 is 5.97 Å². The molecule has 4 rings (SSSR count). The van der Waals surface area contributed by atoms with Crippen molar-refractivity contribution in [1.29, 1.82) is 0 Å². The summed E-state index contributed by atoms with van der Waals surface area (Å²) in [7, 11) is 7.52. The Labute approximate surface area is 214 Å². The molecule has 37 heavy (non-hydrogen) atoms. The molecule has 0 radical (unpaired) electrons. The maximum absolute atomic E-state index is 13.6. The topological polar surface area (TPSA) is 93.4 Å². The minimum atomic E-state index is -0.609. The van der Waals surface area contributed by atoms with E-state index in [1.165, 1.54) is 27.6 Å². The number of carbonyl (C=O) groups is 1. The van der Waals surface area contributed by atoms with Crippen LogP contribution < -0.4 is 24.4 Å². The first-order valence-electron chi connectivity index (χ1n) is 11.5. The first-order chi connectivity index (χ1) is 17.9. The molecule has 192 valence electrons. The quantitative estimate of drug-likeness (QED) is 0.288. The molecule has 0 saturated heterocycles. The molecule has 0 N–H and O–H groups in total. The van der Waals surface area contributed by atoms with E-state index in [4.69, 9.17) is 28.1 Å². The second kappa shape index (κ2) is 11.1. The van der Waals surface area contributed by atoms with Crippen molar-refractivity contribution in [2.24, 2.45) is 0 Å². The third-order valence-corrected chi connectivity index (χ3v) is 6.32. The van der Waals surface area contributed by atoms with Crippen molar-refractivity contribution in [2.45, 2.75) is 12.3 Å². The van der Waals surface area contributed by atoms with Gasteiger partial charge in [-0.25, -0.2) is 0 Å². The molecule has 1 aromatic heterocycles. The molecule has 8 heteroatoms. The van der Waals surface area contributed by atoms with Crippen molar-refractivity contribution in [1.82, 2.24) is 0 Å². The zero-order valence-electron chi connectivity index (χ0n) is 21.3. The molecule has 0 amide bonds. The van der Waals surface area contributed by atoms with E-state index in [1.54, 1.807) is 62.8 Å². The molecule has 0 spiro atoms. The van der Waals surface area contributed by atoms with E-state index in [-0.39, 0.29) is 11.8 Å². The van der Waals surface area contributed by atoms with Crippen LogP contribution in [0.15, 0.2) is 70.1 Å². The maximum Gasteiger partial charge on any atom is 0.306 e. The minimum absolute atomic E-state index is 0.0431. The first-order valence-corrected chi connectivity index (χ1v) is 11.5. The molecule has 3 aromatic carbocycles. The fourth-order valence-corrected chi connectivity index (χ4v) is 4.41. The van der Waals surface area contributed by atoms with Crippen LogP contribution in [-0.2, 0) is 9.53 Å². The molecule has 1 heterocycles. The van der Waals surface area contributed by atoms with E-state index < -0.39 is 11.9 Å². The van der Waals surface area contributed by atoms with Crippen LogP contribution in [0.3, 0.4) is 0 Å². The Morgan fingerprint density at radius 2 is 1.49 bits per heavy atom. The van der Waals surface area contributed by atoms with Gasteiger partial charge in [0.15, 0.2) is 0 Å². The molecule has 0 fully saturated rings. The second-order valence-corrected chi connectivity index (χ2v) is 8.21. The van der Waals surface area contributed by atoms with Gasteiger partial charge in [-0.1, -0.05) is 18.2 Å². The molecular formula is C29H28O8. The Morgan fingerprint density at radius 3 is 2.11 bits per heavy atom. The molecular weight excluding hydrogens is 476 g/mol. The molecule has 0 aliphatic heterocycles. The molecule has 4 aromatic rings. The Balaban J connectivity index is 1.97. The number of methoxy groups -OCH3 is 5. The van der Waals surface area contributed by atoms with Crippen LogP contribution in [0.25, 0.3) is 22.1 Å². The van der Waals surface area contributed by atoms with Crippen LogP contribution in [0.2, 0.25) is 0 Å². The van der Waals surface area contributed by atoms with Crippen LogP contribution in [0.1, 0.15) is 23.5 Å². The number of benzene rings is 3. The fraction of sp³-hybridized carbons (Fsp3) is 0.241. The van der Waals surface area contributed by atoms with Gasteiger partial charge in [-0.2, -0.15) is 0 Å². The van der Waals surface area contributed by atoms with Crippen LogP contribution in [0, 0.1) is 0 Å². The normalized spacial score (nSPS) is 11.6. The van der Waals surface area contributed by atoms with E-state index in [0.717, 1.165) is 0 Å². The minimum Gasteiger partial charge on any atom is -0.497 e. The van der Waals surface area contributed by atoms with Gasteiger partial charge in [0.2, 0.25) is 5.43 Å². The predicted molar refractivity (Wildman–Crippen MR) is 139 cm³/mol. The first kappa shape index (κ1) is 25.6. The average Bonchev–Trinajstić information content (AvgIpc) is 2.95. The van der Waals surface area contributed by atoms with Crippen LogP contribution >= 0.6 is 0 Å². The number of esters is 1. The summed E-state index contributed by atoms with van der Waals surface area (Å²) >= 11 is 0. The summed E-state index contributed by atoms with van der Waals surface area (Å²) in [4.78, 5) is 26.2. The number of hydrogen-bond donors (Lipinski definition) is 0. The average molecular weight is 505 g/mol. The summed E-state index contributed by atoms with van der Waals surface area (Å²) in [5.74, 6) is 1.18. The van der Waals surface area contributed by atoms with Crippen LogP contribution in [-0.4, -0.2) is 41.5 Å². The highest BCUT2D eigenvalue weighted by Gasteiger charge is 2.29. The van der Waals surface area contributed by atoms with Gasteiger partial charge < -0.3 is 28.1 Å². The highest BCUT2D eigenvalue weighted by Crippen LogP contribution is 2.43. The van der Waals surface area contributed by atoms with E-state index in [0.29, 0.717) is 56.2 Å². The zero-order chi connectivity index (χ0) is 26.5. The Hall–Kier alpha value is -4.46. The summed E-state index contributed by atoms with van der Waals surface area (Å²) in [6.07, 6.45) is 1.38. The Bertz CT molecular complexity index is 1470. The molecule has 8 nitrogen and oxygen atoms in total. The summed E-state index contributed by atoms with van der Waals surface area (Å²) in [6.45, 7) is 0. The molecule has 0 bridgehead atoms. The number of carbonyl (C=O) groups excluding carboxylic acids is 1.